The van der Waals surface area contributed by atoms with Crippen molar-refractivity contribution in [2.24, 2.45) is 5.73 Å². The Morgan fingerprint density at radius 3 is 2.46 bits per heavy atom. The van der Waals surface area contributed by atoms with E-state index < -0.39 is 11.9 Å². The van der Waals surface area contributed by atoms with Crippen LogP contribution in [0.2, 0.25) is 0 Å². The van der Waals surface area contributed by atoms with Crippen LogP contribution in [-0.2, 0) is 22.4 Å². The Balaban J connectivity index is 2.04. The summed E-state index contributed by atoms with van der Waals surface area (Å²) in [7, 11) is 1.53. The average molecular weight is 330 g/mol. The lowest BCUT2D eigenvalue weighted by atomic mass is 10.0. The molecule has 126 valence electrons. The Morgan fingerprint density at radius 1 is 1.17 bits per heavy atom. The van der Waals surface area contributed by atoms with Gasteiger partial charge in [-0.1, -0.05) is 30.3 Å². The fourth-order valence-electron chi connectivity index (χ4n) is 2.35. The van der Waals surface area contributed by atoms with Crippen LogP contribution in [0.5, 0.6) is 5.75 Å². The van der Waals surface area contributed by atoms with Crippen molar-refractivity contribution in [1.29, 1.82) is 0 Å². The first-order valence-corrected chi connectivity index (χ1v) is 7.44. The van der Waals surface area contributed by atoms with E-state index in [0.717, 1.165) is 5.56 Å². The largest absolute Gasteiger partial charge is 0.496 e. The number of carbonyl (C=O) groups excluding carboxylic acids is 2. The number of hydrogen-bond acceptors (Lipinski definition) is 3. The molecule has 1 atom stereocenters. The second-order valence-electron chi connectivity index (χ2n) is 5.34. The molecule has 6 heteroatoms. The number of rotatable bonds is 7. The van der Waals surface area contributed by atoms with Crippen molar-refractivity contribution in [2.75, 3.05) is 7.11 Å². The lowest BCUT2D eigenvalue weighted by Crippen LogP contribution is -2.46. The molecular weight excluding hydrogens is 311 g/mol. The number of carbonyl (C=O) groups is 2. The van der Waals surface area contributed by atoms with Gasteiger partial charge in [-0.2, -0.15) is 0 Å². The summed E-state index contributed by atoms with van der Waals surface area (Å²) in [5.41, 5.74) is 6.81. The van der Waals surface area contributed by atoms with E-state index in [1.807, 2.05) is 12.1 Å². The van der Waals surface area contributed by atoms with E-state index in [1.165, 1.54) is 31.4 Å². The standard InChI is InChI=1S/C18H19FN2O3/c1-24-16-5-3-2-4-13(16)11-15(18(20)23)21-17(22)10-12-6-8-14(19)9-7-12/h2-9,15H,10-11H2,1H3,(H2,20,23)(H,21,22)/t15-/m0/s1. The second kappa shape index (κ2) is 8.10. The van der Waals surface area contributed by atoms with Gasteiger partial charge in [0.25, 0.3) is 0 Å². The molecular formula is C18H19FN2O3. The van der Waals surface area contributed by atoms with Gasteiger partial charge in [-0.05, 0) is 29.3 Å². The molecule has 2 aromatic rings. The number of hydrogen-bond donors (Lipinski definition) is 2. The number of methoxy groups -OCH3 is 1. The molecule has 0 radical (unpaired) electrons. The molecule has 3 N–H and O–H groups in total. The predicted molar refractivity (Wildman–Crippen MR) is 87.9 cm³/mol. The van der Waals surface area contributed by atoms with E-state index in [1.54, 1.807) is 12.1 Å². The fraction of sp³-hybridized carbons (Fsp3) is 0.222. The van der Waals surface area contributed by atoms with Gasteiger partial charge in [0.15, 0.2) is 0 Å². The molecule has 0 aromatic heterocycles. The van der Waals surface area contributed by atoms with Crippen LogP contribution in [0, 0.1) is 5.82 Å². The SMILES string of the molecule is COc1ccccc1C[C@H](NC(=O)Cc1ccc(F)cc1)C(N)=O. The van der Waals surface area contributed by atoms with Crippen LogP contribution in [0.25, 0.3) is 0 Å². The molecule has 0 unspecified atom stereocenters. The maximum absolute atomic E-state index is 12.9. The van der Waals surface area contributed by atoms with E-state index in [2.05, 4.69) is 5.32 Å². The van der Waals surface area contributed by atoms with E-state index >= 15 is 0 Å². The lowest BCUT2D eigenvalue weighted by molar-refractivity contribution is -0.127. The molecule has 24 heavy (non-hydrogen) atoms. The first-order chi connectivity index (χ1) is 11.5. The highest BCUT2D eigenvalue weighted by molar-refractivity contribution is 5.87. The maximum atomic E-state index is 12.9. The number of amides is 2. The van der Waals surface area contributed by atoms with Crippen LogP contribution >= 0.6 is 0 Å². The third-order valence-electron chi connectivity index (χ3n) is 3.57. The molecule has 0 saturated carbocycles. The highest BCUT2D eigenvalue weighted by Crippen LogP contribution is 2.19. The Morgan fingerprint density at radius 2 is 1.83 bits per heavy atom. The number of ether oxygens (including phenoxy) is 1. The smallest absolute Gasteiger partial charge is 0.240 e. The number of nitrogens with two attached hydrogens (primary N) is 1. The van der Waals surface area contributed by atoms with Crippen molar-refractivity contribution >= 4 is 11.8 Å². The van der Waals surface area contributed by atoms with Crippen LogP contribution in [0.4, 0.5) is 4.39 Å². The van der Waals surface area contributed by atoms with Gasteiger partial charge >= 0.3 is 0 Å². The predicted octanol–water partition coefficient (Wildman–Crippen LogP) is 1.59. The third-order valence-corrected chi connectivity index (χ3v) is 3.57. The zero-order chi connectivity index (χ0) is 17.5. The van der Waals surface area contributed by atoms with Crippen molar-refractivity contribution in [3.63, 3.8) is 0 Å². The van der Waals surface area contributed by atoms with Crippen LogP contribution in [0.15, 0.2) is 48.5 Å². The van der Waals surface area contributed by atoms with Gasteiger partial charge in [-0.25, -0.2) is 4.39 Å². The Labute approximate surface area is 139 Å². The molecule has 0 heterocycles. The van der Waals surface area contributed by atoms with Crippen LogP contribution in [0.1, 0.15) is 11.1 Å². The second-order valence-corrected chi connectivity index (χ2v) is 5.34. The summed E-state index contributed by atoms with van der Waals surface area (Å²) in [6.45, 7) is 0. The molecule has 0 spiro atoms. The average Bonchev–Trinajstić information content (AvgIpc) is 2.56. The summed E-state index contributed by atoms with van der Waals surface area (Å²) in [5.74, 6) is -0.740. The van der Waals surface area contributed by atoms with Gasteiger partial charge in [0.1, 0.15) is 17.6 Å². The van der Waals surface area contributed by atoms with Crippen molar-refractivity contribution in [1.82, 2.24) is 5.32 Å². The summed E-state index contributed by atoms with van der Waals surface area (Å²) >= 11 is 0. The lowest BCUT2D eigenvalue weighted by Gasteiger charge is -2.17. The molecule has 0 aliphatic rings. The molecule has 0 fully saturated rings. The minimum Gasteiger partial charge on any atom is -0.496 e. The van der Waals surface area contributed by atoms with Crippen molar-refractivity contribution in [2.45, 2.75) is 18.9 Å². The maximum Gasteiger partial charge on any atom is 0.240 e. The van der Waals surface area contributed by atoms with Crippen molar-refractivity contribution in [3.8, 4) is 5.75 Å². The monoisotopic (exact) mass is 330 g/mol. The Kier molecular flexibility index (Phi) is 5.89. The van der Waals surface area contributed by atoms with E-state index in [0.29, 0.717) is 11.3 Å². The Hall–Kier alpha value is -2.89. The molecule has 2 rings (SSSR count). The van der Waals surface area contributed by atoms with Gasteiger partial charge in [0, 0.05) is 6.42 Å². The minimum atomic E-state index is -0.853. The van der Waals surface area contributed by atoms with Crippen LogP contribution < -0.4 is 15.8 Å². The number of nitrogens with one attached hydrogen (secondary N) is 1. The van der Waals surface area contributed by atoms with Crippen LogP contribution in [0.3, 0.4) is 0 Å². The van der Waals surface area contributed by atoms with Crippen molar-refractivity contribution in [3.05, 3.63) is 65.5 Å². The van der Waals surface area contributed by atoms with Gasteiger partial charge < -0.3 is 15.8 Å². The zero-order valence-electron chi connectivity index (χ0n) is 13.3. The normalized spacial score (nSPS) is 11.6. The minimum absolute atomic E-state index is 0.0377. The number of halogens is 1. The van der Waals surface area contributed by atoms with E-state index in [-0.39, 0.29) is 24.6 Å². The highest BCUT2D eigenvalue weighted by atomic mass is 19.1. The van der Waals surface area contributed by atoms with Crippen molar-refractivity contribution < 1.29 is 18.7 Å². The first kappa shape index (κ1) is 17.5. The van der Waals surface area contributed by atoms with Gasteiger partial charge in [-0.15, -0.1) is 0 Å². The molecule has 0 aliphatic carbocycles. The van der Waals surface area contributed by atoms with E-state index in [4.69, 9.17) is 10.5 Å². The highest BCUT2D eigenvalue weighted by Gasteiger charge is 2.20. The molecule has 0 saturated heterocycles. The topological polar surface area (TPSA) is 81.4 Å². The summed E-state index contributed by atoms with van der Waals surface area (Å²) in [5, 5.41) is 2.62. The molecule has 5 nitrogen and oxygen atoms in total. The molecule has 2 aromatic carbocycles. The summed E-state index contributed by atoms with van der Waals surface area (Å²) in [6.07, 6.45) is 0.268. The number of benzene rings is 2. The third kappa shape index (κ3) is 4.81. The molecule has 0 aliphatic heterocycles. The summed E-state index contributed by atoms with van der Waals surface area (Å²) < 4.78 is 18.1. The quantitative estimate of drug-likeness (QED) is 0.809. The zero-order valence-corrected chi connectivity index (χ0v) is 13.3. The van der Waals surface area contributed by atoms with Crippen LogP contribution in [-0.4, -0.2) is 25.0 Å². The van der Waals surface area contributed by atoms with Gasteiger partial charge in [0.2, 0.25) is 11.8 Å². The Bertz CT molecular complexity index is 716. The summed E-state index contributed by atoms with van der Waals surface area (Å²) in [6, 6.07) is 12.0. The van der Waals surface area contributed by atoms with E-state index in [9.17, 15) is 14.0 Å². The fourth-order valence-corrected chi connectivity index (χ4v) is 2.35. The first-order valence-electron chi connectivity index (χ1n) is 7.44. The number of para-hydroxylation sites is 1. The number of primary amides is 1. The summed E-state index contributed by atoms with van der Waals surface area (Å²) in [4.78, 5) is 23.8. The molecule has 0 bridgehead atoms. The van der Waals surface area contributed by atoms with Gasteiger partial charge in [-0.3, -0.25) is 9.59 Å². The van der Waals surface area contributed by atoms with Gasteiger partial charge in [0.05, 0.1) is 13.5 Å². The molecule has 2 amide bonds.